The number of para-hydroxylation sites is 1. The van der Waals surface area contributed by atoms with Crippen molar-refractivity contribution >= 4 is 11.6 Å². The average Bonchev–Trinajstić information content (AvgIpc) is 3.53. The number of alkyl halides is 2. The molecule has 174 valence electrons. The molecule has 9 heteroatoms. The molecule has 0 fully saturated rings. The Kier molecular flexibility index (Phi) is 5.88. The van der Waals surface area contributed by atoms with Gasteiger partial charge in [0.15, 0.2) is 0 Å². The fourth-order valence-corrected chi connectivity index (χ4v) is 3.70. The predicted octanol–water partition coefficient (Wildman–Crippen LogP) is 5.99. The zero-order valence-electron chi connectivity index (χ0n) is 18.5. The van der Waals surface area contributed by atoms with E-state index in [9.17, 15) is 13.6 Å². The fourth-order valence-electron chi connectivity index (χ4n) is 3.70. The lowest BCUT2D eigenvalue weighted by molar-refractivity contribution is 0.101. The second-order valence-electron chi connectivity index (χ2n) is 7.76. The molecular weight excluding hydrogens is 452 g/mol. The second-order valence-corrected chi connectivity index (χ2v) is 7.76. The molecule has 2 aromatic heterocycles. The van der Waals surface area contributed by atoms with E-state index in [0.717, 1.165) is 22.3 Å². The van der Waals surface area contributed by atoms with Gasteiger partial charge in [-0.15, -0.1) is 10.2 Å². The maximum absolute atomic E-state index is 13.3. The number of rotatable bonds is 6. The minimum Gasteiger partial charge on any atom is -0.416 e. The SMILES string of the molecule is Cn1cc(C(=O)Nc2ccccc2-c2ccc(-c3nnc(-c4ccccc4)o3)cc2)c(C(F)F)n1. The van der Waals surface area contributed by atoms with Crippen molar-refractivity contribution < 1.29 is 18.0 Å². The zero-order chi connectivity index (χ0) is 24.4. The van der Waals surface area contributed by atoms with Crippen molar-refractivity contribution in [3.63, 3.8) is 0 Å². The number of aromatic nitrogens is 4. The van der Waals surface area contributed by atoms with Crippen LogP contribution in [0.2, 0.25) is 0 Å². The van der Waals surface area contributed by atoms with Crippen molar-refractivity contribution in [3.05, 3.63) is 96.3 Å². The summed E-state index contributed by atoms with van der Waals surface area (Å²) < 4.78 is 33.6. The third kappa shape index (κ3) is 4.56. The van der Waals surface area contributed by atoms with E-state index < -0.39 is 18.0 Å². The number of nitrogens with one attached hydrogen (secondary N) is 1. The van der Waals surface area contributed by atoms with Crippen LogP contribution in [0.25, 0.3) is 34.0 Å². The summed E-state index contributed by atoms with van der Waals surface area (Å²) >= 11 is 0. The van der Waals surface area contributed by atoms with Crippen LogP contribution in [0.4, 0.5) is 14.5 Å². The molecule has 3 aromatic carbocycles. The van der Waals surface area contributed by atoms with E-state index >= 15 is 0 Å². The van der Waals surface area contributed by atoms with Gasteiger partial charge in [0.2, 0.25) is 11.8 Å². The Morgan fingerprint density at radius 1 is 0.857 bits per heavy atom. The van der Waals surface area contributed by atoms with Crippen molar-refractivity contribution in [2.24, 2.45) is 7.05 Å². The molecule has 2 heterocycles. The second kappa shape index (κ2) is 9.30. The number of carbonyl (C=O) groups is 1. The number of aryl methyl sites for hydroxylation is 1. The van der Waals surface area contributed by atoms with E-state index in [1.807, 2.05) is 66.7 Å². The lowest BCUT2D eigenvalue weighted by Gasteiger charge is -2.11. The van der Waals surface area contributed by atoms with Gasteiger partial charge in [-0.3, -0.25) is 9.48 Å². The molecule has 0 atom stereocenters. The lowest BCUT2D eigenvalue weighted by Crippen LogP contribution is -2.14. The van der Waals surface area contributed by atoms with Crippen molar-refractivity contribution in [2.45, 2.75) is 6.43 Å². The summed E-state index contributed by atoms with van der Waals surface area (Å²) in [6.07, 6.45) is -1.57. The molecule has 0 radical (unpaired) electrons. The molecule has 0 saturated heterocycles. The molecule has 1 N–H and O–H groups in total. The molecule has 5 rings (SSSR count). The minimum absolute atomic E-state index is 0.168. The first kappa shape index (κ1) is 22.1. The number of hydrogen-bond donors (Lipinski definition) is 1. The summed E-state index contributed by atoms with van der Waals surface area (Å²) in [7, 11) is 1.49. The Hall–Kier alpha value is -4.66. The highest BCUT2D eigenvalue weighted by Gasteiger charge is 2.23. The van der Waals surface area contributed by atoms with Gasteiger partial charge in [0, 0.05) is 35.6 Å². The van der Waals surface area contributed by atoms with Crippen LogP contribution in [0.15, 0.2) is 89.5 Å². The first-order valence-corrected chi connectivity index (χ1v) is 10.7. The highest BCUT2D eigenvalue weighted by molar-refractivity contribution is 6.07. The van der Waals surface area contributed by atoms with Crippen LogP contribution in [0.5, 0.6) is 0 Å². The molecular formula is C26H19F2N5O2. The molecule has 0 aliphatic carbocycles. The van der Waals surface area contributed by atoms with E-state index in [0.29, 0.717) is 17.5 Å². The molecule has 0 aliphatic rings. The van der Waals surface area contributed by atoms with Crippen LogP contribution in [-0.4, -0.2) is 25.9 Å². The van der Waals surface area contributed by atoms with Crippen LogP contribution < -0.4 is 5.32 Å². The third-order valence-corrected chi connectivity index (χ3v) is 5.37. The van der Waals surface area contributed by atoms with Gasteiger partial charge >= 0.3 is 0 Å². The summed E-state index contributed by atoms with van der Waals surface area (Å²) in [5.74, 6) is 0.154. The number of anilines is 1. The summed E-state index contributed by atoms with van der Waals surface area (Å²) in [6, 6.07) is 24.0. The van der Waals surface area contributed by atoms with Gasteiger partial charge in [-0.25, -0.2) is 8.78 Å². The maximum atomic E-state index is 13.3. The molecule has 1 amide bonds. The number of amides is 1. The number of halogens is 2. The van der Waals surface area contributed by atoms with E-state index in [2.05, 4.69) is 20.6 Å². The van der Waals surface area contributed by atoms with E-state index in [1.165, 1.54) is 17.9 Å². The van der Waals surface area contributed by atoms with Crippen LogP contribution in [0, 0.1) is 0 Å². The average molecular weight is 471 g/mol. The summed E-state index contributed by atoms with van der Waals surface area (Å²) in [5, 5.41) is 14.7. The molecule has 5 aromatic rings. The third-order valence-electron chi connectivity index (χ3n) is 5.37. The van der Waals surface area contributed by atoms with Crippen LogP contribution in [-0.2, 0) is 7.05 Å². The van der Waals surface area contributed by atoms with Gasteiger partial charge in [0.05, 0.1) is 5.56 Å². The van der Waals surface area contributed by atoms with Crippen molar-refractivity contribution in [3.8, 4) is 34.0 Å². The van der Waals surface area contributed by atoms with E-state index in [1.54, 1.807) is 12.1 Å². The Morgan fingerprint density at radius 3 is 2.14 bits per heavy atom. The quantitative estimate of drug-likeness (QED) is 0.329. The largest absolute Gasteiger partial charge is 0.416 e. The lowest BCUT2D eigenvalue weighted by atomic mass is 10.0. The minimum atomic E-state index is -2.85. The van der Waals surface area contributed by atoms with Gasteiger partial charge in [-0.2, -0.15) is 5.10 Å². The Bertz CT molecular complexity index is 1480. The number of benzene rings is 3. The van der Waals surface area contributed by atoms with Crippen LogP contribution in [0.1, 0.15) is 22.5 Å². The molecule has 0 saturated carbocycles. The Morgan fingerprint density at radius 2 is 1.46 bits per heavy atom. The van der Waals surface area contributed by atoms with Gasteiger partial charge in [-0.1, -0.05) is 48.5 Å². The first-order chi connectivity index (χ1) is 17.0. The number of nitrogens with zero attached hydrogens (tertiary/aromatic N) is 4. The van der Waals surface area contributed by atoms with Crippen molar-refractivity contribution in [1.82, 2.24) is 20.0 Å². The predicted molar refractivity (Wildman–Crippen MR) is 127 cm³/mol. The topological polar surface area (TPSA) is 85.8 Å². The summed E-state index contributed by atoms with van der Waals surface area (Å²) in [6.45, 7) is 0. The fraction of sp³-hybridized carbons (Fsp3) is 0.0769. The monoisotopic (exact) mass is 471 g/mol. The van der Waals surface area contributed by atoms with E-state index in [4.69, 9.17) is 4.42 Å². The van der Waals surface area contributed by atoms with Crippen molar-refractivity contribution in [1.29, 1.82) is 0 Å². The van der Waals surface area contributed by atoms with Gasteiger partial charge in [0.1, 0.15) is 5.69 Å². The summed E-state index contributed by atoms with van der Waals surface area (Å²) in [5.41, 5.74) is 2.87. The Labute approximate surface area is 199 Å². The van der Waals surface area contributed by atoms with Crippen molar-refractivity contribution in [2.75, 3.05) is 5.32 Å². The summed E-state index contributed by atoms with van der Waals surface area (Å²) in [4.78, 5) is 12.8. The molecule has 35 heavy (non-hydrogen) atoms. The number of carbonyl (C=O) groups excluding carboxylic acids is 1. The molecule has 0 aliphatic heterocycles. The Balaban J connectivity index is 1.39. The molecule has 0 bridgehead atoms. The van der Waals surface area contributed by atoms with Gasteiger partial charge in [-0.05, 0) is 35.9 Å². The molecule has 0 spiro atoms. The van der Waals surface area contributed by atoms with Gasteiger partial charge < -0.3 is 9.73 Å². The van der Waals surface area contributed by atoms with E-state index in [-0.39, 0.29) is 5.56 Å². The standard InChI is InChI=1S/C26H19F2N5O2/c1-33-15-20(22(32-33)23(27)28)24(34)29-21-10-6-5-9-19(21)16-11-13-18(14-12-16)26-31-30-25(35-26)17-7-3-2-4-8-17/h2-15,23H,1H3,(H,29,34). The zero-order valence-corrected chi connectivity index (χ0v) is 18.5. The number of hydrogen-bond acceptors (Lipinski definition) is 5. The van der Waals surface area contributed by atoms with Crippen LogP contribution in [0.3, 0.4) is 0 Å². The first-order valence-electron chi connectivity index (χ1n) is 10.7. The molecule has 0 unspecified atom stereocenters. The van der Waals surface area contributed by atoms with Gasteiger partial charge in [0.25, 0.3) is 12.3 Å². The maximum Gasteiger partial charge on any atom is 0.282 e. The van der Waals surface area contributed by atoms with Crippen LogP contribution >= 0.6 is 0 Å². The highest BCUT2D eigenvalue weighted by Crippen LogP contribution is 2.31. The highest BCUT2D eigenvalue weighted by atomic mass is 19.3. The normalized spacial score (nSPS) is 11.1. The smallest absolute Gasteiger partial charge is 0.282 e. The molecule has 7 nitrogen and oxygen atoms in total.